The van der Waals surface area contributed by atoms with Crippen molar-refractivity contribution in [3.8, 4) is 5.75 Å². The zero-order valence-corrected chi connectivity index (χ0v) is 12.0. The van der Waals surface area contributed by atoms with Crippen molar-refractivity contribution in [2.45, 2.75) is 26.7 Å². The standard InChI is InChI=1S/C15H24N2O2/c1-12(2)7-9-16-10-8-15(18)17-13-5-4-6-14(11-13)19-3/h4-6,11-12,16H,7-10H2,1-3H3,(H,17,18). The smallest absolute Gasteiger partial charge is 0.225 e. The minimum atomic E-state index is 0.0188. The van der Waals surface area contributed by atoms with Gasteiger partial charge < -0.3 is 15.4 Å². The van der Waals surface area contributed by atoms with Crippen molar-refractivity contribution >= 4 is 11.6 Å². The normalized spacial score (nSPS) is 10.5. The van der Waals surface area contributed by atoms with Crippen molar-refractivity contribution in [2.75, 3.05) is 25.5 Å². The van der Waals surface area contributed by atoms with E-state index in [0.29, 0.717) is 18.9 Å². The summed E-state index contributed by atoms with van der Waals surface area (Å²) in [5.41, 5.74) is 0.770. The third-order valence-corrected chi connectivity index (χ3v) is 2.78. The second-order valence-corrected chi connectivity index (χ2v) is 4.96. The van der Waals surface area contributed by atoms with Gasteiger partial charge >= 0.3 is 0 Å². The number of methoxy groups -OCH3 is 1. The van der Waals surface area contributed by atoms with E-state index in [4.69, 9.17) is 4.74 Å². The molecule has 1 aromatic rings. The van der Waals surface area contributed by atoms with E-state index in [9.17, 15) is 4.79 Å². The van der Waals surface area contributed by atoms with Gasteiger partial charge in [-0.2, -0.15) is 0 Å². The summed E-state index contributed by atoms with van der Waals surface area (Å²) in [6, 6.07) is 7.37. The van der Waals surface area contributed by atoms with Crippen LogP contribution in [0.1, 0.15) is 26.7 Å². The Hall–Kier alpha value is -1.55. The lowest BCUT2D eigenvalue weighted by Gasteiger charge is -2.08. The summed E-state index contributed by atoms with van der Waals surface area (Å²) in [5.74, 6) is 1.45. The molecule has 1 amide bonds. The predicted octanol–water partition coefficient (Wildman–Crippen LogP) is 2.66. The topological polar surface area (TPSA) is 50.4 Å². The van der Waals surface area contributed by atoms with E-state index < -0.39 is 0 Å². The van der Waals surface area contributed by atoms with Gasteiger partial charge in [-0.3, -0.25) is 4.79 Å². The molecule has 0 atom stereocenters. The zero-order chi connectivity index (χ0) is 14.1. The van der Waals surface area contributed by atoms with Crippen LogP contribution in [-0.4, -0.2) is 26.1 Å². The molecule has 0 aliphatic heterocycles. The van der Waals surface area contributed by atoms with Crippen molar-refractivity contribution in [1.82, 2.24) is 5.32 Å². The molecule has 106 valence electrons. The first kappa shape index (κ1) is 15.5. The first-order valence-electron chi connectivity index (χ1n) is 6.76. The van der Waals surface area contributed by atoms with Gasteiger partial charge in [0.25, 0.3) is 0 Å². The molecule has 0 aromatic heterocycles. The SMILES string of the molecule is COc1cccc(NC(=O)CCNCCC(C)C)c1. The molecule has 0 fully saturated rings. The Morgan fingerprint density at radius 1 is 1.32 bits per heavy atom. The van der Waals surface area contributed by atoms with Crippen LogP contribution in [0, 0.1) is 5.92 Å². The summed E-state index contributed by atoms with van der Waals surface area (Å²) >= 11 is 0. The highest BCUT2D eigenvalue weighted by atomic mass is 16.5. The first-order chi connectivity index (χ1) is 9.11. The molecule has 0 aliphatic rings. The molecule has 4 heteroatoms. The summed E-state index contributed by atoms with van der Waals surface area (Å²) in [4.78, 5) is 11.7. The molecule has 1 aromatic carbocycles. The van der Waals surface area contributed by atoms with Crippen LogP contribution in [0.25, 0.3) is 0 Å². The van der Waals surface area contributed by atoms with Crippen LogP contribution in [-0.2, 0) is 4.79 Å². The Morgan fingerprint density at radius 2 is 2.11 bits per heavy atom. The van der Waals surface area contributed by atoms with Crippen molar-refractivity contribution in [2.24, 2.45) is 5.92 Å². The predicted molar refractivity (Wildman–Crippen MR) is 78.6 cm³/mol. The number of carbonyl (C=O) groups is 1. The largest absolute Gasteiger partial charge is 0.497 e. The number of hydrogen-bond donors (Lipinski definition) is 2. The van der Waals surface area contributed by atoms with Crippen LogP contribution in [0.2, 0.25) is 0 Å². The lowest BCUT2D eigenvalue weighted by Crippen LogP contribution is -2.23. The summed E-state index contributed by atoms with van der Waals surface area (Å²) in [5, 5.41) is 6.13. The Morgan fingerprint density at radius 3 is 2.79 bits per heavy atom. The van der Waals surface area contributed by atoms with Crippen molar-refractivity contribution < 1.29 is 9.53 Å². The summed E-state index contributed by atoms with van der Waals surface area (Å²) in [7, 11) is 1.61. The van der Waals surface area contributed by atoms with Gasteiger partial charge in [0, 0.05) is 24.7 Å². The summed E-state index contributed by atoms with van der Waals surface area (Å²) in [6.45, 7) is 6.06. The molecule has 0 saturated carbocycles. The molecule has 19 heavy (non-hydrogen) atoms. The second kappa shape index (κ2) is 8.53. The van der Waals surface area contributed by atoms with Crippen molar-refractivity contribution in [3.05, 3.63) is 24.3 Å². The maximum atomic E-state index is 11.7. The van der Waals surface area contributed by atoms with Gasteiger partial charge in [-0.15, -0.1) is 0 Å². The molecule has 4 nitrogen and oxygen atoms in total. The van der Waals surface area contributed by atoms with Crippen LogP contribution in [0.4, 0.5) is 5.69 Å². The highest BCUT2D eigenvalue weighted by molar-refractivity contribution is 5.90. The molecule has 0 aliphatic carbocycles. The lowest BCUT2D eigenvalue weighted by atomic mass is 10.1. The Kier molecular flexibility index (Phi) is 6.97. The third-order valence-electron chi connectivity index (χ3n) is 2.78. The Bertz CT molecular complexity index is 391. The zero-order valence-electron chi connectivity index (χ0n) is 12.0. The van der Waals surface area contributed by atoms with Crippen LogP contribution >= 0.6 is 0 Å². The molecule has 0 saturated heterocycles. The molecular weight excluding hydrogens is 240 g/mol. The van der Waals surface area contributed by atoms with E-state index in [0.717, 1.165) is 24.4 Å². The quantitative estimate of drug-likeness (QED) is 0.710. The molecule has 0 heterocycles. The van der Waals surface area contributed by atoms with Crippen molar-refractivity contribution in [1.29, 1.82) is 0 Å². The van der Waals surface area contributed by atoms with E-state index in [-0.39, 0.29) is 5.91 Å². The highest BCUT2D eigenvalue weighted by Crippen LogP contribution is 2.16. The monoisotopic (exact) mass is 264 g/mol. The summed E-state index contributed by atoms with van der Waals surface area (Å²) < 4.78 is 5.11. The number of carbonyl (C=O) groups excluding carboxylic acids is 1. The first-order valence-corrected chi connectivity index (χ1v) is 6.76. The minimum absolute atomic E-state index is 0.0188. The van der Waals surface area contributed by atoms with Crippen molar-refractivity contribution in [3.63, 3.8) is 0 Å². The van der Waals surface area contributed by atoms with Gasteiger partial charge in [0.05, 0.1) is 7.11 Å². The third kappa shape index (κ3) is 6.82. The number of amides is 1. The number of benzene rings is 1. The number of ether oxygens (including phenoxy) is 1. The molecule has 0 radical (unpaired) electrons. The Labute approximate surface area is 115 Å². The molecule has 1 rings (SSSR count). The van der Waals surface area contributed by atoms with Gasteiger partial charge in [0.2, 0.25) is 5.91 Å². The molecular formula is C15H24N2O2. The molecule has 2 N–H and O–H groups in total. The van der Waals surface area contributed by atoms with Crippen LogP contribution in [0.5, 0.6) is 5.75 Å². The number of anilines is 1. The fourth-order valence-corrected chi connectivity index (χ4v) is 1.64. The van der Waals surface area contributed by atoms with Gasteiger partial charge in [0.1, 0.15) is 5.75 Å². The number of hydrogen-bond acceptors (Lipinski definition) is 3. The van der Waals surface area contributed by atoms with Crippen LogP contribution in [0.15, 0.2) is 24.3 Å². The lowest BCUT2D eigenvalue weighted by molar-refractivity contribution is -0.116. The fraction of sp³-hybridized carbons (Fsp3) is 0.533. The minimum Gasteiger partial charge on any atom is -0.497 e. The fourth-order valence-electron chi connectivity index (χ4n) is 1.64. The van der Waals surface area contributed by atoms with E-state index in [2.05, 4.69) is 24.5 Å². The Balaban J connectivity index is 2.23. The maximum absolute atomic E-state index is 11.7. The second-order valence-electron chi connectivity index (χ2n) is 4.96. The van der Waals surface area contributed by atoms with Gasteiger partial charge in [-0.25, -0.2) is 0 Å². The highest BCUT2D eigenvalue weighted by Gasteiger charge is 2.03. The molecule has 0 spiro atoms. The number of rotatable bonds is 8. The van der Waals surface area contributed by atoms with E-state index in [1.807, 2.05) is 24.3 Å². The van der Waals surface area contributed by atoms with E-state index in [1.54, 1.807) is 7.11 Å². The molecule has 0 unspecified atom stereocenters. The van der Waals surface area contributed by atoms with Gasteiger partial charge in [-0.1, -0.05) is 19.9 Å². The average Bonchev–Trinajstić information content (AvgIpc) is 2.38. The van der Waals surface area contributed by atoms with Crippen LogP contribution in [0.3, 0.4) is 0 Å². The van der Waals surface area contributed by atoms with Gasteiger partial charge in [-0.05, 0) is 31.0 Å². The number of nitrogens with one attached hydrogen (secondary N) is 2. The van der Waals surface area contributed by atoms with E-state index >= 15 is 0 Å². The van der Waals surface area contributed by atoms with Gasteiger partial charge in [0.15, 0.2) is 0 Å². The van der Waals surface area contributed by atoms with Crippen LogP contribution < -0.4 is 15.4 Å². The molecule has 0 bridgehead atoms. The van der Waals surface area contributed by atoms with E-state index in [1.165, 1.54) is 0 Å². The average molecular weight is 264 g/mol. The summed E-state index contributed by atoms with van der Waals surface area (Å²) in [6.07, 6.45) is 1.62. The maximum Gasteiger partial charge on any atom is 0.225 e.